The van der Waals surface area contributed by atoms with Crippen LogP contribution in [0.2, 0.25) is 5.02 Å². The van der Waals surface area contributed by atoms with Crippen molar-refractivity contribution in [3.8, 4) is 17.0 Å². The zero-order valence-corrected chi connectivity index (χ0v) is 21.3. The molecule has 1 unspecified atom stereocenters. The lowest BCUT2D eigenvalue weighted by atomic mass is 10.0. The second kappa shape index (κ2) is 10.5. The van der Waals surface area contributed by atoms with Crippen LogP contribution in [0.1, 0.15) is 36.2 Å². The molecule has 1 saturated heterocycles. The van der Waals surface area contributed by atoms with Crippen LogP contribution in [-0.4, -0.2) is 66.2 Å². The summed E-state index contributed by atoms with van der Waals surface area (Å²) < 4.78 is 10.5. The molecule has 3 aromatic rings. The molecule has 2 heterocycles. The molecule has 7 nitrogen and oxygen atoms in total. The van der Waals surface area contributed by atoms with E-state index in [-0.39, 0.29) is 18.0 Å². The van der Waals surface area contributed by atoms with Gasteiger partial charge in [0, 0.05) is 42.2 Å². The number of benzene rings is 2. The van der Waals surface area contributed by atoms with E-state index in [2.05, 4.69) is 0 Å². The van der Waals surface area contributed by atoms with Crippen molar-refractivity contribution in [2.45, 2.75) is 33.2 Å². The minimum Gasteiger partial charge on any atom is -0.497 e. The molecule has 184 valence electrons. The second-order valence-electron chi connectivity index (χ2n) is 8.77. The topological polar surface area (TPSA) is 72.0 Å². The number of ether oxygens (including phenoxy) is 2. The molecule has 0 saturated carbocycles. The van der Waals surface area contributed by atoms with Crippen LogP contribution in [0.5, 0.6) is 5.75 Å². The zero-order valence-electron chi connectivity index (χ0n) is 20.5. The molecule has 2 amide bonds. The third-order valence-electron chi connectivity index (χ3n) is 6.34. The van der Waals surface area contributed by atoms with Crippen molar-refractivity contribution >= 4 is 34.5 Å². The molecule has 0 spiro atoms. The smallest absolute Gasteiger partial charge is 0.410 e. The van der Waals surface area contributed by atoms with Gasteiger partial charge >= 0.3 is 6.09 Å². The number of carbonyl (C=O) groups is 2. The van der Waals surface area contributed by atoms with Crippen molar-refractivity contribution in [3.63, 3.8) is 0 Å². The van der Waals surface area contributed by atoms with Gasteiger partial charge in [-0.3, -0.25) is 4.79 Å². The van der Waals surface area contributed by atoms with Crippen LogP contribution in [0, 0.1) is 6.92 Å². The fourth-order valence-electron chi connectivity index (χ4n) is 4.35. The van der Waals surface area contributed by atoms with Gasteiger partial charge in [-0.15, -0.1) is 0 Å². The minimum absolute atomic E-state index is 0.0928. The normalized spacial score (nSPS) is 15.9. The Morgan fingerprint density at radius 1 is 1.14 bits per heavy atom. The van der Waals surface area contributed by atoms with E-state index in [1.807, 2.05) is 51.1 Å². The maximum absolute atomic E-state index is 13.3. The molecule has 1 fully saturated rings. The molecule has 1 aliphatic heterocycles. The molecule has 0 N–H and O–H groups in total. The van der Waals surface area contributed by atoms with Gasteiger partial charge in [-0.25, -0.2) is 9.78 Å². The van der Waals surface area contributed by atoms with Gasteiger partial charge < -0.3 is 19.3 Å². The Bertz CT molecular complexity index is 1250. The molecule has 4 rings (SSSR count). The number of amides is 2. The van der Waals surface area contributed by atoms with Crippen LogP contribution < -0.4 is 4.74 Å². The van der Waals surface area contributed by atoms with Gasteiger partial charge in [-0.1, -0.05) is 24.6 Å². The Hall–Kier alpha value is -3.32. The first-order valence-corrected chi connectivity index (χ1v) is 12.2. The Morgan fingerprint density at radius 3 is 2.54 bits per heavy atom. The highest BCUT2D eigenvalue weighted by molar-refractivity contribution is 6.36. The number of fused-ring (bicyclic) bond motifs is 1. The van der Waals surface area contributed by atoms with Crippen molar-refractivity contribution in [3.05, 3.63) is 58.6 Å². The van der Waals surface area contributed by atoms with Crippen molar-refractivity contribution in [1.29, 1.82) is 0 Å². The molecule has 0 bridgehead atoms. The average molecular weight is 496 g/mol. The van der Waals surface area contributed by atoms with Crippen molar-refractivity contribution in [1.82, 2.24) is 14.8 Å². The quantitative estimate of drug-likeness (QED) is 0.463. The van der Waals surface area contributed by atoms with E-state index >= 15 is 0 Å². The van der Waals surface area contributed by atoms with E-state index in [1.165, 1.54) is 0 Å². The summed E-state index contributed by atoms with van der Waals surface area (Å²) in [5, 5.41) is 1.42. The monoisotopic (exact) mass is 495 g/mol. The van der Waals surface area contributed by atoms with Crippen LogP contribution in [0.15, 0.2) is 42.5 Å². The first-order chi connectivity index (χ1) is 16.8. The fraction of sp³-hybridized carbons (Fsp3) is 0.370. The molecule has 8 heteroatoms. The Labute approximate surface area is 210 Å². The third kappa shape index (κ3) is 5.05. The highest BCUT2D eigenvalue weighted by Gasteiger charge is 2.31. The number of rotatable bonds is 5. The van der Waals surface area contributed by atoms with Gasteiger partial charge in [-0.05, 0) is 62.2 Å². The van der Waals surface area contributed by atoms with Crippen LogP contribution >= 0.6 is 11.6 Å². The molecule has 1 aliphatic rings. The van der Waals surface area contributed by atoms with Gasteiger partial charge in [0.15, 0.2) is 0 Å². The predicted octanol–water partition coefficient (Wildman–Crippen LogP) is 5.57. The number of methoxy groups -OCH3 is 1. The van der Waals surface area contributed by atoms with Gasteiger partial charge in [0.05, 0.1) is 29.9 Å². The summed E-state index contributed by atoms with van der Waals surface area (Å²) in [5.41, 5.74) is 3.77. The summed E-state index contributed by atoms with van der Waals surface area (Å²) in [6.07, 6.45) is 0.454. The van der Waals surface area contributed by atoms with Crippen LogP contribution in [-0.2, 0) is 4.74 Å². The number of aromatic nitrogens is 1. The van der Waals surface area contributed by atoms with Crippen LogP contribution in [0.4, 0.5) is 4.79 Å². The first kappa shape index (κ1) is 24.8. The number of pyridine rings is 1. The summed E-state index contributed by atoms with van der Waals surface area (Å²) in [7, 11) is 1.63. The Balaban J connectivity index is 1.58. The molecule has 0 aliphatic carbocycles. The fourth-order valence-corrected chi connectivity index (χ4v) is 4.60. The number of hydrogen-bond donors (Lipinski definition) is 0. The molecule has 35 heavy (non-hydrogen) atoms. The SMILES string of the molecule is CCCOC(=O)N1CCN(C(=O)c2ccc3c(Cl)c(C)c(-c4ccc(OC)cc4)nc3c2)CC1C. The van der Waals surface area contributed by atoms with Gasteiger partial charge in [0.2, 0.25) is 0 Å². The molecule has 2 aromatic carbocycles. The molecule has 1 aromatic heterocycles. The van der Waals surface area contributed by atoms with Gasteiger partial charge in [-0.2, -0.15) is 0 Å². The first-order valence-electron chi connectivity index (χ1n) is 11.8. The standard InChI is InChI=1S/C27H30ClN3O4/c1-5-14-35-27(33)31-13-12-30(16-17(31)2)26(32)20-8-11-22-23(15-20)29-25(18(3)24(22)28)19-6-9-21(34-4)10-7-19/h6-11,15,17H,5,12-14,16H2,1-4H3. The summed E-state index contributed by atoms with van der Waals surface area (Å²) in [6, 6.07) is 13.0. The van der Waals surface area contributed by atoms with E-state index in [1.54, 1.807) is 29.0 Å². The van der Waals surface area contributed by atoms with E-state index < -0.39 is 0 Å². The number of carbonyl (C=O) groups excluding carboxylic acids is 2. The average Bonchev–Trinajstić information content (AvgIpc) is 2.88. The second-order valence-corrected chi connectivity index (χ2v) is 9.15. The van der Waals surface area contributed by atoms with Gasteiger partial charge in [0.25, 0.3) is 5.91 Å². The number of piperazine rings is 1. The number of halogens is 1. The van der Waals surface area contributed by atoms with Gasteiger partial charge in [0.1, 0.15) is 5.75 Å². The maximum atomic E-state index is 13.3. The van der Waals surface area contributed by atoms with E-state index in [0.29, 0.717) is 42.3 Å². The van der Waals surface area contributed by atoms with E-state index in [0.717, 1.165) is 34.4 Å². The molecule has 0 radical (unpaired) electrons. The van der Waals surface area contributed by atoms with E-state index in [9.17, 15) is 9.59 Å². The predicted molar refractivity (Wildman–Crippen MR) is 137 cm³/mol. The molecular weight excluding hydrogens is 466 g/mol. The van der Waals surface area contributed by atoms with Crippen molar-refractivity contribution < 1.29 is 19.1 Å². The Morgan fingerprint density at radius 2 is 1.89 bits per heavy atom. The van der Waals surface area contributed by atoms with Crippen LogP contribution in [0.25, 0.3) is 22.2 Å². The maximum Gasteiger partial charge on any atom is 0.410 e. The van der Waals surface area contributed by atoms with Crippen LogP contribution in [0.3, 0.4) is 0 Å². The lowest BCUT2D eigenvalue weighted by Crippen LogP contribution is -2.55. The number of nitrogens with zero attached hydrogens (tertiary/aromatic N) is 3. The summed E-state index contributed by atoms with van der Waals surface area (Å²) in [4.78, 5) is 33.9. The molecular formula is C27H30ClN3O4. The summed E-state index contributed by atoms with van der Waals surface area (Å²) in [6.45, 7) is 7.56. The molecule has 1 atom stereocenters. The number of hydrogen-bond acceptors (Lipinski definition) is 5. The summed E-state index contributed by atoms with van der Waals surface area (Å²) >= 11 is 6.71. The van der Waals surface area contributed by atoms with Crippen molar-refractivity contribution in [2.24, 2.45) is 0 Å². The highest BCUT2D eigenvalue weighted by Crippen LogP contribution is 2.34. The van der Waals surface area contributed by atoms with Crippen molar-refractivity contribution in [2.75, 3.05) is 33.4 Å². The Kier molecular flexibility index (Phi) is 7.45. The van der Waals surface area contributed by atoms with E-state index in [4.69, 9.17) is 26.1 Å². The lowest BCUT2D eigenvalue weighted by Gasteiger charge is -2.39. The largest absolute Gasteiger partial charge is 0.497 e. The third-order valence-corrected chi connectivity index (χ3v) is 6.83. The minimum atomic E-state index is -0.322. The highest BCUT2D eigenvalue weighted by atomic mass is 35.5. The zero-order chi connectivity index (χ0) is 25.1. The summed E-state index contributed by atoms with van der Waals surface area (Å²) in [5.74, 6) is 0.670. The lowest BCUT2D eigenvalue weighted by molar-refractivity contribution is 0.0412.